The van der Waals surface area contributed by atoms with Crippen LogP contribution in [0.2, 0.25) is 0 Å². The number of amides is 3. The van der Waals surface area contributed by atoms with Crippen LogP contribution in [-0.4, -0.2) is 49.3 Å². The van der Waals surface area contributed by atoms with E-state index in [1.165, 1.54) is 19.3 Å². The summed E-state index contributed by atoms with van der Waals surface area (Å²) in [4.78, 5) is 38.1. The van der Waals surface area contributed by atoms with Crippen LogP contribution in [0.1, 0.15) is 54.4 Å². The van der Waals surface area contributed by atoms with Crippen molar-refractivity contribution in [1.82, 2.24) is 10.2 Å². The molecule has 0 atom stereocenters. The summed E-state index contributed by atoms with van der Waals surface area (Å²) in [6.45, 7) is 0.115. The van der Waals surface area contributed by atoms with Crippen molar-refractivity contribution in [3.8, 4) is 0 Å². The summed E-state index contributed by atoms with van der Waals surface area (Å²) in [6.07, 6.45) is 6.78. The van der Waals surface area contributed by atoms with Gasteiger partial charge in [0.15, 0.2) is 0 Å². The number of nitrogens with zero attached hydrogens (tertiary/aromatic N) is 1. The Morgan fingerprint density at radius 2 is 1.67 bits per heavy atom. The van der Waals surface area contributed by atoms with Gasteiger partial charge in [0.1, 0.15) is 0 Å². The summed E-state index contributed by atoms with van der Waals surface area (Å²) in [5.41, 5.74) is 3.11. The minimum atomic E-state index is -0.178. The Morgan fingerprint density at radius 3 is 2.36 bits per heavy atom. The molecule has 3 rings (SSSR count). The lowest BCUT2D eigenvalue weighted by molar-refractivity contribution is -0.128. The fourth-order valence-electron chi connectivity index (χ4n) is 3.92. The zero-order chi connectivity index (χ0) is 23.6. The van der Waals surface area contributed by atoms with E-state index < -0.39 is 0 Å². The summed E-state index contributed by atoms with van der Waals surface area (Å²) in [5.74, 6) is -0.151. The molecule has 2 aromatic rings. The lowest BCUT2D eigenvalue weighted by Gasteiger charge is -2.22. The van der Waals surface area contributed by atoms with E-state index in [-0.39, 0.29) is 30.3 Å². The lowest BCUT2D eigenvalue weighted by atomic mass is 9.95. The Balaban J connectivity index is 1.44. The molecule has 0 spiro atoms. The van der Waals surface area contributed by atoms with Gasteiger partial charge in [0.2, 0.25) is 11.8 Å². The van der Waals surface area contributed by atoms with E-state index in [1.807, 2.05) is 24.3 Å². The number of benzene rings is 2. The second kappa shape index (κ2) is 12.0. The van der Waals surface area contributed by atoms with Gasteiger partial charge in [0.25, 0.3) is 5.91 Å². The minimum Gasteiger partial charge on any atom is -0.376 e. The molecule has 0 unspecified atom stereocenters. The molecule has 0 aromatic heterocycles. The molecule has 7 heteroatoms. The fraction of sp³-hybridized carbons (Fsp3) is 0.423. The van der Waals surface area contributed by atoms with E-state index >= 15 is 0 Å². The van der Waals surface area contributed by atoms with Gasteiger partial charge < -0.3 is 20.9 Å². The molecular formula is C26H34N4O3. The lowest BCUT2D eigenvalue weighted by Crippen LogP contribution is -2.36. The number of anilines is 2. The predicted octanol–water partition coefficient (Wildman–Crippen LogP) is 3.82. The van der Waals surface area contributed by atoms with E-state index in [4.69, 9.17) is 0 Å². The Kier molecular flexibility index (Phi) is 8.87. The van der Waals surface area contributed by atoms with E-state index in [2.05, 4.69) is 16.0 Å². The van der Waals surface area contributed by atoms with Gasteiger partial charge in [-0.2, -0.15) is 0 Å². The van der Waals surface area contributed by atoms with Gasteiger partial charge in [-0.3, -0.25) is 14.4 Å². The molecule has 1 fully saturated rings. The number of aryl methyl sites for hydroxylation is 1. The molecule has 3 amide bonds. The van der Waals surface area contributed by atoms with E-state index in [9.17, 15) is 14.4 Å². The molecule has 0 saturated heterocycles. The molecule has 7 nitrogen and oxygen atoms in total. The van der Waals surface area contributed by atoms with Crippen molar-refractivity contribution in [2.24, 2.45) is 0 Å². The Bertz CT molecular complexity index is 950. The molecular weight excluding hydrogens is 416 g/mol. The highest BCUT2D eigenvalue weighted by atomic mass is 16.2. The van der Waals surface area contributed by atoms with Crippen molar-refractivity contribution in [3.05, 3.63) is 59.7 Å². The van der Waals surface area contributed by atoms with E-state index in [0.717, 1.165) is 24.1 Å². The van der Waals surface area contributed by atoms with Crippen molar-refractivity contribution in [1.29, 1.82) is 0 Å². The van der Waals surface area contributed by atoms with Crippen LogP contribution >= 0.6 is 0 Å². The van der Waals surface area contributed by atoms with Crippen LogP contribution in [0, 0.1) is 0 Å². The van der Waals surface area contributed by atoms with Crippen LogP contribution in [0.3, 0.4) is 0 Å². The third-order valence-electron chi connectivity index (χ3n) is 5.88. The molecule has 0 heterocycles. The summed E-state index contributed by atoms with van der Waals surface area (Å²) < 4.78 is 0. The molecule has 0 bridgehead atoms. The number of carbonyl (C=O) groups excluding carboxylic acids is 3. The van der Waals surface area contributed by atoms with Crippen molar-refractivity contribution in [2.45, 2.75) is 51.0 Å². The SMILES string of the molecule is CN(C)C(=O)CCc1cccc(NCC(=O)Nc2ccc(C(=O)NC3CCCCC3)cc2)c1. The third kappa shape index (κ3) is 7.93. The maximum Gasteiger partial charge on any atom is 0.251 e. The molecule has 176 valence electrons. The van der Waals surface area contributed by atoms with Gasteiger partial charge in [-0.15, -0.1) is 0 Å². The largest absolute Gasteiger partial charge is 0.376 e. The predicted molar refractivity (Wildman–Crippen MR) is 131 cm³/mol. The molecule has 0 aliphatic heterocycles. The number of rotatable bonds is 9. The first-order valence-corrected chi connectivity index (χ1v) is 11.6. The van der Waals surface area contributed by atoms with Crippen LogP contribution in [0.25, 0.3) is 0 Å². The van der Waals surface area contributed by atoms with E-state index in [0.29, 0.717) is 24.1 Å². The van der Waals surface area contributed by atoms with Gasteiger partial charge in [-0.25, -0.2) is 0 Å². The van der Waals surface area contributed by atoms with Gasteiger partial charge in [0, 0.05) is 43.5 Å². The molecule has 33 heavy (non-hydrogen) atoms. The third-order valence-corrected chi connectivity index (χ3v) is 5.88. The summed E-state index contributed by atoms with van der Waals surface area (Å²) in [6, 6.07) is 15.0. The number of nitrogens with one attached hydrogen (secondary N) is 3. The molecule has 1 aliphatic carbocycles. The topological polar surface area (TPSA) is 90.5 Å². The van der Waals surface area contributed by atoms with Gasteiger partial charge in [0.05, 0.1) is 6.54 Å². The standard InChI is InChI=1S/C26H34N4O3/c1-30(2)25(32)16-11-19-7-6-10-23(17-19)27-18-24(31)28-22-14-12-20(13-15-22)26(33)29-21-8-4-3-5-9-21/h6-7,10,12-15,17,21,27H,3-5,8-9,11,16,18H2,1-2H3,(H,28,31)(H,29,33). The highest BCUT2D eigenvalue weighted by molar-refractivity contribution is 5.96. The van der Waals surface area contributed by atoms with Crippen molar-refractivity contribution >= 4 is 29.1 Å². The van der Waals surface area contributed by atoms with Crippen molar-refractivity contribution < 1.29 is 14.4 Å². The number of hydrogen-bond acceptors (Lipinski definition) is 4. The summed E-state index contributed by atoms with van der Waals surface area (Å²) in [7, 11) is 3.50. The second-order valence-corrected chi connectivity index (χ2v) is 8.78. The fourth-order valence-corrected chi connectivity index (χ4v) is 3.92. The average molecular weight is 451 g/mol. The quantitative estimate of drug-likeness (QED) is 0.542. The van der Waals surface area contributed by atoms with Crippen LogP contribution in [-0.2, 0) is 16.0 Å². The highest BCUT2D eigenvalue weighted by Gasteiger charge is 2.16. The maximum atomic E-state index is 12.4. The van der Waals surface area contributed by atoms with Crippen LogP contribution < -0.4 is 16.0 Å². The molecule has 1 saturated carbocycles. The van der Waals surface area contributed by atoms with Crippen molar-refractivity contribution in [3.63, 3.8) is 0 Å². The first-order valence-electron chi connectivity index (χ1n) is 11.6. The Labute approximate surface area is 195 Å². The molecule has 0 radical (unpaired) electrons. The Hall–Kier alpha value is -3.35. The van der Waals surface area contributed by atoms with Gasteiger partial charge >= 0.3 is 0 Å². The average Bonchev–Trinajstić information content (AvgIpc) is 2.82. The second-order valence-electron chi connectivity index (χ2n) is 8.78. The summed E-state index contributed by atoms with van der Waals surface area (Å²) >= 11 is 0. The van der Waals surface area contributed by atoms with Gasteiger partial charge in [-0.05, 0) is 61.2 Å². The Morgan fingerprint density at radius 1 is 0.939 bits per heavy atom. The molecule has 1 aliphatic rings. The monoisotopic (exact) mass is 450 g/mol. The smallest absolute Gasteiger partial charge is 0.251 e. The zero-order valence-electron chi connectivity index (χ0n) is 19.5. The van der Waals surface area contributed by atoms with Gasteiger partial charge in [-0.1, -0.05) is 31.4 Å². The van der Waals surface area contributed by atoms with E-state index in [1.54, 1.807) is 43.3 Å². The number of hydrogen-bond donors (Lipinski definition) is 3. The molecule has 3 N–H and O–H groups in total. The maximum absolute atomic E-state index is 12.4. The van der Waals surface area contributed by atoms with Crippen LogP contribution in [0.15, 0.2) is 48.5 Å². The number of carbonyl (C=O) groups is 3. The first kappa shape index (κ1) is 24.3. The van der Waals surface area contributed by atoms with Crippen molar-refractivity contribution in [2.75, 3.05) is 31.3 Å². The first-order chi connectivity index (χ1) is 15.9. The summed E-state index contributed by atoms with van der Waals surface area (Å²) in [5, 5.41) is 9.06. The van der Waals surface area contributed by atoms with Crippen LogP contribution in [0.5, 0.6) is 0 Å². The molecule has 2 aromatic carbocycles. The highest BCUT2D eigenvalue weighted by Crippen LogP contribution is 2.18. The minimum absolute atomic E-state index is 0.0615. The zero-order valence-corrected chi connectivity index (χ0v) is 19.5. The van der Waals surface area contributed by atoms with Crippen LogP contribution in [0.4, 0.5) is 11.4 Å². The normalized spacial score (nSPS) is 13.8.